The summed E-state index contributed by atoms with van der Waals surface area (Å²) in [6, 6.07) is 6.54. The van der Waals surface area contributed by atoms with E-state index >= 15 is 0 Å². The molecule has 4 rings (SSSR count). The third-order valence-corrected chi connectivity index (χ3v) is 6.25. The summed E-state index contributed by atoms with van der Waals surface area (Å²) in [4.78, 5) is 21.8. The molecular weight excluding hydrogens is 417 g/mol. The van der Waals surface area contributed by atoms with E-state index < -0.39 is 0 Å². The van der Waals surface area contributed by atoms with Crippen molar-refractivity contribution in [2.45, 2.75) is 25.7 Å². The summed E-state index contributed by atoms with van der Waals surface area (Å²) in [5, 5.41) is 10.2. The number of nitrogens with zero attached hydrogens (tertiary/aromatic N) is 2. The van der Waals surface area contributed by atoms with E-state index in [1.54, 1.807) is 29.5 Å². The van der Waals surface area contributed by atoms with Crippen LogP contribution in [0, 0.1) is 17.1 Å². The lowest BCUT2D eigenvalue weighted by Gasteiger charge is -2.09. The van der Waals surface area contributed by atoms with Crippen LogP contribution in [0.4, 0.5) is 4.39 Å². The number of allylic oxidation sites excluding steroid dienone is 1. The van der Waals surface area contributed by atoms with Gasteiger partial charge in [-0.3, -0.25) is 4.79 Å². The Kier molecular flexibility index (Phi) is 4.47. The van der Waals surface area contributed by atoms with Crippen LogP contribution in [0.1, 0.15) is 34.7 Å². The van der Waals surface area contributed by atoms with Gasteiger partial charge in [-0.15, -0.1) is 11.3 Å². The van der Waals surface area contributed by atoms with Crippen LogP contribution < -0.4 is 5.56 Å². The molecule has 2 heterocycles. The molecule has 0 aliphatic heterocycles. The number of aromatic nitrogens is 2. The second-order valence-corrected chi connectivity index (χ2v) is 8.09. The Morgan fingerprint density at radius 1 is 1.38 bits per heavy atom. The zero-order valence-electron chi connectivity index (χ0n) is 13.6. The molecular formula is C19H13BrFN3OS. The molecule has 0 atom stereocenters. The van der Waals surface area contributed by atoms with Gasteiger partial charge in [-0.2, -0.15) is 5.26 Å². The second kappa shape index (κ2) is 6.78. The molecule has 0 unspecified atom stereocenters. The molecule has 1 aliphatic carbocycles. The predicted molar refractivity (Wildman–Crippen MR) is 104 cm³/mol. The van der Waals surface area contributed by atoms with Gasteiger partial charge in [0.15, 0.2) is 5.82 Å². The van der Waals surface area contributed by atoms with Crippen LogP contribution in [0.25, 0.3) is 21.9 Å². The molecule has 0 fully saturated rings. The van der Waals surface area contributed by atoms with Gasteiger partial charge in [0.25, 0.3) is 5.56 Å². The van der Waals surface area contributed by atoms with E-state index in [2.05, 4.69) is 32.0 Å². The smallest absolute Gasteiger partial charge is 0.260 e. The standard InChI is InChI=1S/C19H13BrFN3OS/c20-13-8-10(5-6-14(13)21)7-11(9-22)17-23-18(25)16-12-3-1-2-4-15(12)26-19(16)24-17/h5-8H,1-4H2,(H,23,24,25)/b11-7+. The highest BCUT2D eigenvalue weighted by Crippen LogP contribution is 2.34. The first-order valence-corrected chi connectivity index (χ1v) is 9.79. The average Bonchev–Trinajstić information content (AvgIpc) is 3.01. The number of benzene rings is 1. The van der Waals surface area contributed by atoms with E-state index in [9.17, 15) is 14.4 Å². The van der Waals surface area contributed by atoms with Crippen LogP contribution in [-0.4, -0.2) is 9.97 Å². The van der Waals surface area contributed by atoms with Crippen LogP contribution in [-0.2, 0) is 12.8 Å². The van der Waals surface area contributed by atoms with Gasteiger partial charge >= 0.3 is 0 Å². The summed E-state index contributed by atoms with van der Waals surface area (Å²) in [5.74, 6) is -0.137. The maximum Gasteiger partial charge on any atom is 0.260 e. The highest BCUT2D eigenvalue weighted by molar-refractivity contribution is 9.10. The SMILES string of the molecule is N#C/C(=C\c1ccc(F)c(Br)c1)c1nc2sc3c(c2c(=O)[nH]1)CCCC3. The predicted octanol–water partition coefficient (Wildman–Crippen LogP) is 4.83. The van der Waals surface area contributed by atoms with Crippen molar-refractivity contribution < 1.29 is 4.39 Å². The number of thiophene rings is 1. The molecule has 2 aromatic heterocycles. The highest BCUT2D eigenvalue weighted by atomic mass is 79.9. The van der Waals surface area contributed by atoms with Gasteiger partial charge in [-0.05, 0) is 70.9 Å². The fourth-order valence-electron chi connectivity index (χ4n) is 3.21. The molecule has 3 aromatic rings. The molecule has 0 saturated carbocycles. The Morgan fingerprint density at radius 3 is 2.96 bits per heavy atom. The van der Waals surface area contributed by atoms with E-state index in [1.165, 1.54) is 10.9 Å². The number of H-pyrrole nitrogens is 1. The number of halogens is 2. The lowest BCUT2D eigenvalue weighted by atomic mass is 9.97. The summed E-state index contributed by atoms with van der Waals surface area (Å²) < 4.78 is 13.7. The number of aromatic amines is 1. The number of hydrogen-bond donors (Lipinski definition) is 1. The van der Waals surface area contributed by atoms with Crippen molar-refractivity contribution in [3.8, 4) is 6.07 Å². The molecule has 0 radical (unpaired) electrons. The largest absolute Gasteiger partial charge is 0.305 e. The normalized spacial score (nSPS) is 14.3. The Balaban J connectivity index is 1.84. The minimum Gasteiger partial charge on any atom is -0.305 e. The van der Waals surface area contributed by atoms with Crippen LogP contribution in [0.2, 0.25) is 0 Å². The monoisotopic (exact) mass is 429 g/mol. The van der Waals surface area contributed by atoms with Gasteiger partial charge in [0.1, 0.15) is 16.7 Å². The number of nitrogens with one attached hydrogen (secondary N) is 1. The van der Waals surface area contributed by atoms with Gasteiger partial charge < -0.3 is 4.98 Å². The minimum atomic E-state index is -0.377. The molecule has 0 amide bonds. The van der Waals surface area contributed by atoms with E-state index in [0.717, 1.165) is 31.2 Å². The zero-order chi connectivity index (χ0) is 18.3. The number of aryl methyl sites for hydroxylation is 2. The van der Waals surface area contributed by atoms with Crippen molar-refractivity contribution in [1.82, 2.24) is 9.97 Å². The zero-order valence-corrected chi connectivity index (χ0v) is 16.0. The Bertz CT molecular complexity index is 1160. The maximum absolute atomic E-state index is 13.4. The summed E-state index contributed by atoms with van der Waals surface area (Å²) >= 11 is 4.67. The Morgan fingerprint density at radius 2 is 2.19 bits per heavy atom. The van der Waals surface area contributed by atoms with Gasteiger partial charge in [-0.1, -0.05) is 6.07 Å². The Hall–Kier alpha value is -2.30. The molecule has 1 aromatic carbocycles. The first-order chi connectivity index (χ1) is 12.6. The molecule has 0 saturated heterocycles. The Labute approximate surface area is 161 Å². The number of rotatable bonds is 2. The van der Waals surface area contributed by atoms with Crippen molar-refractivity contribution in [1.29, 1.82) is 5.26 Å². The van der Waals surface area contributed by atoms with Crippen molar-refractivity contribution >= 4 is 49.1 Å². The lowest BCUT2D eigenvalue weighted by molar-refractivity contribution is 0.621. The first-order valence-electron chi connectivity index (χ1n) is 8.18. The van der Waals surface area contributed by atoms with Gasteiger partial charge in [-0.25, -0.2) is 9.37 Å². The van der Waals surface area contributed by atoms with Crippen molar-refractivity contribution in [2.75, 3.05) is 0 Å². The molecule has 130 valence electrons. The number of fused-ring (bicyclic) bond motifs is 3. The summed E-state index contributed by atoms with van der Waals surface area (Å²) in [6.07, 6.45) is 5.69. The van der Waals surface area contributed by atoms with E-state index in [-0.39, 0.29) is 22.8 Å². The van der Waals surface area contributed by atoms with Crippen molar-refractivity contribution in [3.63, 3.8) is 0 Å². The quantitative estimate of drug-likeness (QED) is 0.593. The summed E-state index contributed by atoms with van der Waals surface area (Å²) in [5.41, 5.74) is 1.78. The van der Waals surface area contributed by atoms with Gasteiger partial charge in [0.2, 0.25) is 0 Å². The first kappa shape index (κ1) is 17.1. The van der Waals surface area contributed by atoms with Crippen LogP contribution in [0.3, 0.4) is 0 Å². The summed E-state index contributed by atoms with van der Waals surface area (Å²) in [7, 11) is 0. The number of nitriles is 1. The fraction of sp³-hybridized carbons (Fsp3) is 0.211. The minimum absolute atomic E-state index is 0.203. The lowest BCUT2D eigenvalue weighted by Crippen LogP contribution is -2.12. The van der Waals surface area contributed by atoms with Gasteiger partial charge in [0, 0.05) is 4.88 Å². The molecule has 1 aliphatic rings. The number of hydrogen-bond acceptors (Lipinski definition) is 4. The fourth-order valence-corrected chi connectivity index (χ4v) is 4.87. The van der Waals surface area contributed by atoms with E-state index in [0.29, 0.717) is 20.3 Å². The van der Waals surface area contributed by atoms with Crippen molar-refractivity contribution in [2.24, 2.45) is 0 Å². The average molecular weight is 430 g/mol. The van der Waals surface area contributed by atoms with E-state index in [4.69, 9.17) is 0 Å². The van der Waals surface area contributed by atoms with Crippen LogP contribution in [0.5, 0.6) is 0 Å². The molecule has 1 N–H and O–H groups in total. The highest BCUT2D eigenvalue weighted by Gasteiger charge is 2.20. The topological polar surface area (TPSA) is 69.5 Å². The second-order valence-electron chi connectivity index (χ2n) is 6.15. The maximum atomic E-state index is 13.4. The molecule has 4 nitrogen and oxygen atoms in total. The molecule has 7 heteroatoms. The molecule has 0 bridgehead atoms. The summed E-state index contributed by atoms with van der Waals surface area (Å²) in [6.45, 7) is 0. The molecule has 26 heavy (non-hydrogen) atoms. The third-order valence-electron chi connectivity index (χ3n) is 4.46. The van der Waals surface area contributed by atoms with E-state index in [1.807, 2.05) is 0 Å². The molecule has 0 spiro atoms. The van der Waals surface area contributed by atoms with Gasteiger partial charge in [0.05, 0.1) is 15.4 Å². The van der Waals surface area contributed by atoms with Crippen LogP contribution in [0.15, 0.2) is 27.5 Å². The van der Waals surface area contributed by atoms with Crippen LogP contribution >= 0.6 is 27.3 Å². The van der Waals surface area contributed by atoms with Crippen molar-refractivity contribution in [3.05, 3.63) is 60.7 Å². The third kappa shape index (κ3) is 3.00.